The number of amides is 2. The van der Waals surface area contributed by atoms with Crippen LogP contribution in [-0.2, 0) is 22.6 Å². The van der Waals surface area contributed by atoms with Crippen LogP contribution in [0.4, 0.5) is 0 Å². The van der Waals surface area contributed by atoms with Crippen molar-refractivity contribution in [3.8, 4) is 0 Å². The molecule has 4 heteroatoms. The zero-order valence-corrected chi connectivity index (χ0v) is 14.4. The molecule has 0 aliphatic carbocycles. The molecule has 0 spiro atoms. The summed E-state index contributed by atoms with van der Waals surface area (Å²) in [4.78, 5) is 28.7. The van der Waals surface area contributed by atoms with Crippen molar-refractivity contribution < 1.29 is 9.59 Å². The lowest BCUT2D eigenvalue weighted by atomic mass is 10.00. The molecule has 2 rings (SSSR count). The van der Waals surface area contributed by atoms with Crippen LogP contribution in [0.3, 0.4) is 0 Å². The molecule has 23 heavy (non-hydrogen) atoms. The number of benzene rings is 1. The van der Waals surface area contributed by atoms with Gasteiger partial charge in [0, 0.05) is 26.2 Å². The Morgan fingerprint density at radius 2 is 1.65 bits per heavy atom. The van der Waals surface area contributed by atoms with Gasteiger partial charge >= 0.3 is 11.8 Å². The van der Waals surface area contributed by atoms with Crippen molar-refractivity contribution in [2.75, 3.05) is 19.6 Å². The van der Waals surface area contributed by atoms with Gasteiger partial charge in [-0.2, -0.15) is 0 Å². The van der Waals surface area contributed by atoms with E-state index in [1.54, 1.807) is 9.80 Å². The van der Waals surface area contributed by atoms with Gasteiger partial charge < -0.3 is 9.80 Å². The summed E-state index contributed by atoms with van der Waals surface area (Å²) in [5.41, 5.74) is 2.45. The Labute approximate surface area is 139 Å². The van der Waals surface area contributed by atoms with Gasteiger partial charge in [0.25, 0.3) is 0 Å². The standard InChI is InChI=1S/C19H28N2O2/c1-3-5-12-20(13-6-4-2)18(22)19(23)21-14-11-16-9-7-8-10-17(16)15-21/h7-10H,3-6,11-15H2,1-2H3. The fourth-order valence-corrected chi connectivity index (χ4v) is 2.95. The van der Waals surface area contributed by atoms with Crippen molar-refractivity contribution in [2.24, 2.45) is 0 Å². The molecule has 1 aromatic rings. The molecule has 1 aromatic carbocycles. The Kier molecular flexibility index (Phi) is 6.63. The largest absolute Gasteiger partial charge is 0.334 e. The van der Waals surface area contributed by atoms with E-state index in [9.17, 15) is 9.59 Å². The van der Waals surface area contributed by atoms with Crippen molar-refractivity contribution in [1.82, 2.24) is 9.80 Å². The number of hydrogen-bond acceptors (Lipinski definition) is 2. The maximum absolute atomic E-state index is 12.6. The molecule has 0 saturated heterocycles. The summed E-state index contributed by atoms with van der Waals surface area (Å²) in [7, 11) is 0. The Balaban J connectivity index is 2.01. The lowest BCUT2D eigenvalue weighted by Gasteiger charge is -2.30. The number of nitrogens with zero attached hydrogens (tertiary/aromatic N) is 2. The van der Waals surface area contributed by atoms with E-state index < -0.39 is 0 Å². The molecule has 0 atom stereocenters. The summed E-state index contributed by atoms with van der Waals surface area (Å²) < 4.78 is 0. The number of carbonyl (C=O) groups excluding carboxylic acids is 2. The first-order valence-corrected chi connectivity index (χ1v) is 8.82. The van der Waals surface area contributed by atoms with E-state index >= 15 is 0 Å². The highest BCUT2D eigenvalue weighted by atomic mass is 16.2. The van der Waals surface area contributed by atoms with E-state index in [1.165, 1.54) is 5.56 Å². The molecule has 0 unspecified atom stereocenters. The highest BCUT2D eigenvalue weighted by Crippen LogP contribution is 2.19. The van der Waals surface area contributed by atoms with Crippen LogP contribution in [0.25, 0.3) is 0 Å². The second kappa shape index (κ2) is 8.70. The fraction of sp³-hybridized carbons (Fsp3) is 0.579. The minimum Gasteiger partial charge on any atom is -0.334 e. The van der Waals surface area contributed by atoms with Gasteiger partial charge in [0.1, 0.15) is 0 Å². The molecule has 0 bridgehead atoms. The van der Waals surface area contributed by atoms with Gasteiger partial charge in [-0.05, 0) is 30.4 Å². The molecule has 0 radical (unpaired) electrons. The van der Waals surface area contributed by atoms with E-state index in [0.29, 0.717) is 26.2 Å². The van der Waals surface area contributed by atoms with Crippen LogP contribution < -0.4 is 0 Å². The molecule has 1 heterocycles. The third-order valence-corrected chi connectivity index (χ3v) is 4.45. The van der Waals surface area contributed by atoms with Crippen molar-refractivity contribution in [3.63, 3.8) is 0 Å². The van der Waals surface area contributed by atoms with Crippen LogP contribution in [0, 0.1) is 0 Å². The first-order valence-electron chi connectivity index (χ1n) is 8.82. The average Bonchev–Trinajstić information content (AvgIpc) is 2.60. The first-order chi connectivity index (χ1) is 11.2. The number of rotatable bonds is 6. The van der Waals surface area contributed by atoms with Gasteiger partial charge in [-0.3, -0.25) is 9.59 Å². The maximum atomic E-state index is 12.6. The second-order valence-corrected chi connectivity index (χ2v) is 6.24. The highest BCUT2D eigenvalue weighted by molar-refractivity contribution is 6.34. The second-order valence-electron chi connectivity index (χ2n) is 6.24. The molecule has 0 saturated carbocycles. The Hall–Kier alpha value is -1.84. The van der Waals surface area contributed by atoms with E-state index in [0.717, 1.165) is 37.7 Å². The number of carbonyl (C=O) groups is 2. The Bertz CT molecular complexity index is 534. The quantitative estimate of drug-likeness (QED) is 0.757. The summed E-state index contributed by atoms with van der Waals surface area (Å²) in [6.45, 7) is 6.77. The van der Waals surface area contributed by atoms with Crippen LogP contribution in [0.15, 0.2) is 24.3 Å². The van der Waals surface area contributed by atoms with E-state index in [1.807, 2.05) is 18.2 Å². The molecule has 4 nitrogen and oxygen atoms in total. The summed E-state index contributed by atoms with van der Waals surface area (Å²) in [6, 6.07) is 8.17. The van der Waals surface area contributed by atoms with Gasteiger partial charge in [-0.15, -0.1) is 0 Å². The molecule has 1 aliphatic heterocycles. The molecule has 2 amide bonds. The topological polar surface area (TPSA) is 40.6 Å². The van der Waals surface area contributed by atoms with E-state index in [-0.39, 0.29) is 11.8 Å². The molecule has 1 aliphatic rings. The number of fused-ring (bicyclic) bond motifs is 1. The van der Waals surface area contributed by atoms with E-state index in [4.69, 9.17) is 0 Å². The van der Waals surface area contributed by atoms with Gasteiger partial charge in [-0.1, -0.05) is 51.0 Å². The SMILES string of the molecule is CCCCN(CCCC)C(=O)C(=O)N1CCc2ccccc2C1. The third-order valence-electron chi connectivity index (χ3n) is 4.45. The van der Waals surface area contributed by atoms with Crippen molar-refractivity contribution >= 4 is 11.8 Å². The highest BCUT2D eigenvalue weighted by Gasteiger charge is 2.28. The smallest absolute Gasteiger partial charge is 0.312 e. The fourth-order valence-electron chi connectivity index (χ4n) is 2.95. The van der Waals surface area contributed by atoms with Crippen LogP contribution >= 0.6 is 0 Å². The van der Waals surface area contributed by atoms with Gasteiger partial charge in [0.2, 0.25) is 0 Å². The molecular formula is C19H28N2O2. The molecule has 0 fully saturated rings. The predicted octanol–water partition coefficient (Wildman–Crippen LogP) is 3.00. The summed E-state index contributed by atoms with van der Waals surface area (Å²) in [6.07, 6.45) is 4.79. The summed E-state index contributed by atoms with van der Waals surface area (Å²) >= 11 is 0. The van der Waals surface area contributed by atoms with Crippen LogP contribution in [0.1, 0.15) is 50.7 Å². The monoisotopic (exact) mass is 316 g/mol. The molecular weight excluding hydrogens is 288 g/mol. The minimum absolute atomic E-state index is 0.328. The van der Waals surface area contributed by atoms with Crippen LogP contribution in [0.5, 0.6) is 0 Å². The third kappa shape index (κ3) is 4.57. The molecule has 0 N–H and O–H groups in total. The zero-order chi connectivity index (χ0) is 16.7. The first kappa shape index (κ1) is 17.5. The van der Waals surface area contributed by atoms with Crippen LogP contribution in [-0.4, -0.2) is 41.2 Å². The van der Waals surface area contributed by atoms with Gasteiger partial charge in [0.05, 0.1) is 0 Å². The predicted molar refractivity (Wildman–Crippen MR) is 92.0 cm³/mol. The van der Waals surface area contributed by atoms with Crippen LogP contribution in [0.2, 0.25) is 0 Å². The maximum Gasteiger partial charge on any atom is 0.312 e. The Morgan fingerprint density at radius 1 is 1.04 bits per heavy atom. The average molecular weight is 316 g/mol. The lowest BCUT2D eigenvalue weighted by Crippen LogP contribution is -2.47. The zero-order valence-electron chi connectivity index (χ0n) is 14.4. The summed E-state index contributed by atoms with van der Waals surface area (Å²) in [5, 5.41) is 0. The number of unbranched alkanes of at least 4 members (excludes halogenated alkanes) is 2. The van der Waals surface area contributed by atoms with Crippen molar-refractivity contribution in [2.45, 2.75) is 52.5 Å². The molecule has 0 aromatic heterocycles. The lowest BCUT2D eigenvalue weighted by molar-refractivity contribution is -0.152. The summed E-state index contributed by atoms with van der Waals surface area (Å²) in [5.74, 6) is -0.669. The number of hydrogen-bond donors (Lipinski definition) is 0. The van der Waals surface area contributed by atoms with Gasteiger partial charge in [0.15, 0.2) is 0 Å². The normalized spacial score (nSPS) is 13.6. The van der Waals surface area contributed by atoms with Gasteiger partial charge in [-0.25, -0.2) is 0 Å². The minimum atomic E-state index is -0.341. The Morgan fingerprint density at radius 3 is 2.26 bits per heavy atom. The van der Waals surface area contributed by atoms with Crippen molar-refractivity contribution in [1.29, 1.82) is 0 Å². The van der Waals surface area contributed by atoms with Crippen molar-refractivity contribution in [3.05, 3.63) is 35.4 Å². The molecule has 126 valence electrons. The van der Waals surface area contributed by atoms with E-state index in [2.05, 4.69) is 19.9 Å².